The van der Waals surface area contributed by atoms with Crippen molar-refractivity contribution in [2.45, 2.75) is 13.1 Å². The number of hydrogen-bond donors (Lipinski definition) is 0. The highest BCUT2D eigenvalue weighted by molar-refractivity contribution is 7.71. The predicted octanol–water partition coefficient (Wildman–Crippen LogP) is 3.15. The second-order valence-electron chi connectivity index (χ2n) is 5.26. The van der Waals surface area contributed by atoms with E-state index in [1.54, 1.807) is 7.11 Å². The summed E-state index contributed by atoms with van der Waals surface area (Å²) in [7, 11) is 5.86. The van der Waals surface area contributed by atoms with Gasteiger partial charge in [0.2, 0.25) is 0 Å². The minimum absolute atomic E-state index is 0.791. The SMILES string of the molecule is COCCCN(C)Cn1cc(-c2ccccc2)n(C)c1=S. The number of rotatable bonds is 7. The highest BCUT2D eigenvalue weighted by Gasteiger charge is 2.08. The summed E-state index contributed by atoms with van der Waals surface area (Å²) in [6.07, 6.45) is 3.16. The first-order valence-electron chi connectivity index (χ1n) is 7.12. The maximum absolute atomic E-state index is 5.54. The van der Waals surface area contributed by atoms with Gasteiger partial charge >= 0.3 is 0 Å². The van der Waals surface area contributed by atoms with E-state index in [1.807, 2.05) is 25.2 Å². The third-order valence-corrected chi connectivity index (χ3v) is 4.03. The maximum atomic E-state index is 5.54. The molecule has 4 nitrogen and oxygen atoms in total. The fourth-order valence-corrected chi connectivity index (χ4v) is 2.58. The van der Waals surface area contributed by atoms with Gasteiger partial charge in [-0.2, -0.15) is 0 Å². The van der Waals surface area contributed by atoms with Crippen LogP contribution in [0.4, 0.5) is 0 Å². The van der Waals surface area contributed by atoms with Crippen molar-refractivity contribution in [3.05, 3.63) is 41.3 Å². The molecule has 0 N–H and O–H groups in total. The molecular formula is C16H23N3OS. The van der Waals surface area contributed by atoms with Crippen molar-refractivity contribution in [3.8, 4) is 11.3 Å². The van der Waals surface area contributed by atoms with E-state index in [0.29, 0.717) is 0 Å². The Bertz CT molecular complexity index is 618. The first-order chi connectivity index (χ1) is 10.1. The summed E-state index contributed by atoms with van der Waals surface area (Å²) in [5.74, 6) is 0. The number of hydrogen-bond acceptors (Lipinski definition) is 3. The van der Waals surface area contributed by atoms with Gasteiger partial charge in [0, 0.05) is 33.5 Å². The Balaban J connectivity index is 2.13. The summed E-state index contributed by atoms with van der Waals surface area (Å²) in [6, 6.07) is 10.3. The zero-order valence-electron chi connectivity index (χ0n) is 13.0. The van der Waals surface area contributed by atoms with Crippen molar-refractivity contribution in [1.29, 1.82) is 0 Å². The van der Waals surface area contributed by atoms with Crippen LogP contribution < -0.4 is 0 Å². The van der Waals surface area contributed by atoms with Crippen LogP contribution in [0.1, 0.15) is 6.42 Å². The van der Waals surface area contributed by atoms with Crippen LogP contribution in [-0.4, -0.2) is 41.3 Å². The topological polar surface area (TPSA) is 22.3 Å². The number of nitrogens with zero attached hydrogens (tertiary/aromatic N) is 3. The Hall–Kier alpha value is -1.43. The molecule has 0 bridgehead atoms. The van der Waals surface area contributed by atoms with Gasteiger partial charge < -0.3 is 13.9 Å². The van der Waals surface area contributed by atoms with Crippen molar-refractivity contribution in [2.75, 3.05) is 27.3 Å². The number of ether oxygens (including phenoxy) is 1. The molecule has 1 aromatic heterocycles. The molecule has 0 radical (unpaired) electrons. The van der Waals surface area contributed by atoms with Crippen molar-refractivity contribution < 1.29 is 4.74 Å². The summed E-state index contributed by atoms with van der Waals surface area (Å²) < 4.78 is 10.1. The monoisotopic (exact) mass is 305 g/mol. The predicted molar refractivity (Wildman–Crippen MR) is 88.8 cm³/mol. The van der Waals surface area contributed by atoms with E-state index in [9.17, 15) is 0 Å². The molecule has 2 aromatic rings. The van der Waals surface area contributed by atoms with Gasteiger partial charge in [-0.3, -0.25) is 4.90 Å². The minimum atomic E-state index is 0.791. The molecule has 0 amide bonds. The summed E-state index contributed by atoms with van der Waals surface area (Å²) in [5, 5.41) is 0. The van der Waals surface area contributed by atoms with Gasteiger partial charge in [0.25, 0.3) is 0 Å². The minimum Gasteiger partial charge on any atom is -0.385 e. The van der Waals surface area contributed by atoms with Crippen LogP contribution in [0.3, 0.4) is 0 Å². The summed E-state index contributed by atoms with van der Waals surface area (Å²) in [5.41, 5.74) is 2.33. The average molecular weight is 305 g/mol. The van der Waals surface area contributed by atoms with Gasteiger partial charge in [0.1, 0.15) is 0 Å². The molecule has 0 saturated carbocycles. The second-order valence-corrected chi connectivity index (χ2v) is 5.62. The van der Waals surface area contributed by atoms with Crippen LogP contribution in [-0.2, 0) is 18.5 Å². The van der Waals surface area contributed by atoms with E-state index < -0.39 is 0 Å². The number of methoxy groups -OCH3 is 1. The summed E-state index contributed by atoms with van der Waals surface area (Å²) in [6.45, 7) is 2.58. The lowest BCUT2D eigenvalue weighted by atomic mass is 10.2. The molecule has 21 heavy (non-hydrogen) atoms. The average Bonchev–Trinajstić information content (AvgIpc) is 2.77. The molecular weight excluding hydrogens is 282 g/mol. The molecule has 0 aliphatic rings. The smallest absolute Gasteiger partial charge is 0.181 e. The standard InChI is InChI=1S/C16H23N3OS/c1-17(10-7-11-20-3)13-19-12-15(18(2)16(19)21)14-8-5-4-6-9-14/h4-6,8-9,12H,7,10-11,13H2,1-3H3. The van der Waals surface area contributed by atoms with E-state index in [1.165, 1.54) is 5.56 Å². The fraction of sp³-hybridized carbons (Fsp3) is 0.438. The van der Waals surface area contributed by atoms with Crippen LogP contribution in [0, 0.1) is 4.77 Å². The molecule has 0 atom stereocenters. The molecule has 114 valence electrons. The Morgan fingerprint density at radius 2 is 1.95 bits per heavy atom. The largest absolute Gasteiger partial charge is 0.385 e. The summed E-state index contributed by atoms with van der Waals surface area (Å²) in [4.78, 5) is 2.25. The van der Waals surface area contributed by atoms with E-state index in [4.69, 9.17) is 17.0 Å². The number of imidazole rings is 1. The molecule has 1 heterocycles. The van der Waals surface area contributed by atoms with Gasteiger partial charge in [-0.25, -0.2) is 0 Å². The first-order valence-corrected chi connectivity index (χ1v) is 7.53. The quantitative estimate of drug-likeness (QED) is 0.579. The fourth-order valence-electron chi connectivity index (χ4n) is 2.37. The highest BCUT2D eigenvalue weighted by atomic mass is 32.1. The summed E-state index contributed by atoms with van der Waals surface area (Å²) >= 11 is 5.54. The van der Waals surface area contributed by atoms with Gasteiger partial charge in [0.15, 0.2) is 4.77 Å². The Morgan fingerprint density at radius 1 is 1.24 bits per heavy atom. The van der Waals surface area contributed by atoms with Crippen molar-refractivity contribution in [3.63, 3.8) is 0 Å². The van der Waals surface area contributed by atoms with Crippen molar-refractivity contribution >= 4 is 12.2 Å². The third kappa shape index (κ3) is 4.03. The van der Waals surface area contributed by atoms with Crippen LogP contribution in [0.15, 0.2) is 36.5 Å². The maximum Gasteiger partial charge on any atom is 0.181 e. The van der Waals surface area contributed by atoms with Crippen LogP contribution >= 0.6 is 12.2 Å². The van der Waals surface area contributed by atoms with E-state index >= 15 is 0 Å². The second kappa shape index (κ2) is 7.54. The Morgan fingerprint density at radius 3 is 2.62 bits per heavy atom. The highest BCUT2D eigenvalue weighted by Crippen LogP contribution is 2.19. The molecule has 0 saturated heterocycles. The van der Waals surface area contributed by atoms with Crippen LogP contribution in [0.2, 0.25) is 0 Å². The number of aromatic nitrogens is 2. The van der Waals surface area contributed by atoms with Crippen molar-refractivity contribution in [2.24, 2.45) is 7.05 Å². The first kappa shape index (κ1) is 15.9. The molecule has 0 unspecified atom stereocenters. The zero-order valence-corrected chi connectivity index (χ0v) is 13.8. The molecule has 0 spiro atoms. The zero-order chi connectivity index (χ0) is 15.2. The Labute approximate surface area is 131 Å². The molecule has 1 aromatic carbocycles. The van der Waals surface area contributed by atoms with E-state index in [2.05, 4.69) is 39.4 Å². The normalized spacial score (nSPS) is 11.2. The van der Waals surface area contributed by atoms with Gasteiger partial charge in [-0.05, 0) is 31.2 Å². The lowest BCUT2D eigenvalue weighted by molar-refractivity contribution is 0.170. The molecule has 0 fully saturated rings. The lowest BCUT2D eigenvalue weighted by Gasteiger charge is -2.16. The molecule has 0 aliphatic heterocycles. The number of benzene rings is 1. The Kier molecular flexibility index (Phi) is 5.73. The lowest BCUT2D eigenvalue weighted by Crippen LogP contribution is -2.23. The van der Waals surface area contributed by atoms with Crippen LogP contribution in [0.5, 0.6) is 0 Å². The third-order valence-electron chi connectivity index (χ3n) is 3.52. The van der Waals surface area contributed by atoms with E-state index in [-0.39, 0.29) is 0 Å². The molecule has 2 rings (SSSR count). The van der Waals surface area contributed by atoms with Gasteiger partial charge in [0.05, 0.1) is 12.4 Å². The van der Waals surface area contributed by atoms with E-state index in [0.717, 1.165) is 36.7 Å². The van der Waals surface area contributed by atoms with Gasteiger partial charge in [-0.15, -0.1) is 0 Å². The molecule has 5 heteroatoms. The van der Waals surface area contributed by atoms with Crippen molar-refractivity contribution in [1.82, 2.24) is 14.0 Å². The van der Waals surface area contributed by atoms with Gasteiger partial charge in [-0.1, -0.05) is 30.3 Å². The molecule has 0 aliphatic carbocycles. The van der Waals surface area contributed by atoms with Crippen LogP contribution in [0.25, 0.3) is 11.3 Å².